The van der Waals surface area contributed by atoms with Gasteiger partial charge < -0.3 is 10.3 Å². The van der Waals surface area contributed by atoms with E-state index >= 15 is 0 Å². The second kappa shape index (κ2) is 2.92. The van der Waals surface area contributed by atoms with E-state index in [-0.39, 0.29) is 0 Å². The van der Waals surface area contributed by atoms with Gasteiger partial charge in [0, 0.05) is 6.04 Å². The fourth-order valence-corrected chi connectivity index (χ4v) is 2.18. The summed E-state index contributed by atoms with van der Waals surface area (Å²) in [5.41, 5.74) is 7.32. The van der Waals surface area contributed by atoms with Gasteiger partial charge in [-0.15, -0.1) is 0 Å². The van der Waals surface area contributed by atoms with E-state index < -0.39 is 0 Å². The molecule has 15 heavy (non-hydrogen) atoms. The maximum absolute atomic E-state index is 5.74. The van der Waals surface area contributed by atoms with Crippen LogP contribution in [-0.2, 0) is 0 Å². The second-order valence-corrected chi connectivity index (χ2v) is 4.20. The molecule has 0 radical (unpaired) electrons. The van der Waals surface area contributed by atoms with Gasteiger partial charge in [-0.25, -0.2) is 15.0 Å². The minimum absolute atomic E-state index is 0.464. The molecule has 2 unspecified atom stereocenters. The van der Waals surface area contributed by atoms with Crippen molar-refractivity contribution in [2.75, 3.05) is 5.73 Å². The van der Waals surface area contributed by atoms with Crippen LogP contribution in [0.4, 0.5) is 5.82 Å². The highest BCUT2D eigenvalue weighted by molar-refractivity contribution is 5.81. The zero-order chi connectivity index (χ0) is 10.4. The number of imidazole rings is 1. The molecule has 0 aromatic carbocycles. The van der Waals surface area contributed by atoms with E-state index in [0.717, 1.165) is 11.2 Å². The SMILES string of the molecule is CC1CCC1n1cnc2c(N)ncnc21. The summed E-state index contributed by atoms with van der Waals surface area (Å²) < 4.78 is 2.13. The highest BCUT2D eigenvalue weighted by Gasteiger charge is 2.29. The van der Waals surface area contributed by atoms with Gasteiger partial charge in [-0.1, -0.05) is 6.92 Å². The third-order valence-corrected chi connectivity index (χ3v) is 3.32. The quantitative estimate of drug-likeness (QED) is 0.760. The number of nitrogen functional groups attached to an aromatic ring is 1. The smallest absolute Gasteiger partial charge is 0.165 e. The first-order valence-electron chi connectivity index (χ1n) is 5.20. The maximum atomic E-state index is 5.74. The minimum atomic E-state index is 0.464. The molecule has 2 atom stereocenters. The fourth-order valence-electron chi connectivity index (χ4n) is 2.18. The van der Waals surface area contributed by atoms with Crippen molar-refractivity contribution in [3.63, 3.8) is 0 Å². The Bertz CT molecular complexity index is 503. The molecule has 1 aliphatic carbocycles. The number of hydrogen-bond donors (Lipinski definition) is 1. The molecule has 1 aliphatic rings. The molecule has 78 valence electrons. The van der Waals surface area contributed by atoms with Crippen LogP contribution >= 0.6 is 0 Å². The molecule has 0 aliphatic heterocycles. The van der Waals surface area contributed by atoms with Crippen LogP contribution in [0.5, 0.6) is 0 Å². The average molecular weight is 203 g/mol. The molecule has 0 amide bonds. The van der Waals surface area contributed by atoms with Gasteiger partial charge in [0.25, 0.3) is 0 Å². The number of hydrogen-bond acceptors (Lipinski definition) is 4. The van der Waals surface area contributed by atoms with Gasteiger partial charge in [-0.05, 0) is 18.8 Å². The summed E-state index contributed by atoms with van der Waals surface area (Å²) in [5.74, 6) is 1.17. The molecule has 2 aromatic rings. The summed E-state index contributed by atoms with van der Waals surface area (Å²) in [6.07, 6.45) is 5.82. The van der Waals surface area contributed by atoms with Crippen molar-refractivity contribution < 1.29 is 0 Å². The Hall–Kier alpha value is -1.65. The van der Waals surface area contributed by atoms with Gasteiger partial charge in [-0.2, -0.15) is 0 Å². The van der Waals surface area contributed by atoms with E-state index in [2.05, 4.69) is 26.4 Å². The number of rotatable bonds is 1. The van der Waals surface area contributed by atoms with Gasteiger partial charge in [-0.3, -0.25) is 0 Å². The molecule has 1 saturated carbocycles. The predicted molar refractivity (Wildman–Crippen MR) is 57.2 cm³/mol. The lowest BCUT2D eigenvalue weighted by molar-refractivity contribution is 0.205. The first-order chi connectivity index (χ1) is 7.27. The lowest BCUT2D eigenvalue weighted by Crippen LogP contribution is -2.26. The van der Waals surface area contributed by atoms with Crippen molar-refractivity contribution in [2.45, 2.75) is 25.8 Å². The molecule has 0 bridgehead atoms. The topological polar surface area (TPSA) is 69.6 Å². The minimum Gasteiger partial charge on any atom is -0.382 e. The molecule has 2 aromatic heterocycles. The Morgan fingerprint density at radius 1 is 1.33 bits per heavy atom. The summed E-state index contributed by atoms with van der Waals surface area (Å²) in [4.78, 5) is 12.5. The van der Waals surface area contributed by atoms with E-state index in [9.17, 15) is 0 Å². The van der Waals surface area contributed by atoms with E-state index in [4.69, 9.17) is 5.73 Å². The third kappa shape index (κ3) is 1.12. The van der Waals surface area contributed by atoms with E-state index in [1.54, 1.807) is 0 Å². The molecule has 3 rings (SSSR count). The molecule has 5 nitrogen and oxygen atoms in total. The van der Waals surface area contributed by atoms with E-state index in [0.29, 0.717) is 17.8 Å². The highest BCUT2D eigenvalue weighted by Crippen LogP contribution is 2.39. The molecule has 2 N–H and O–H groups in total. The maximum Gasteiger partial charge on any atom is 0.165 e. The predicted octanol–water partition coefficient (Wildman–Crippen LogP) is 1.38. The molecule has 0 saturated heterocycles. The van der Waals surface area contributed by atoms with Crippen LogP contribution in [0.25, 0.3) is 11.2 Å². The van der Waals surface area contributed by atoms with Gasteiger partial charge in [0.15, 0.2) is 11.5 Å². The van der Waals surface area contributed by atoms with Gasteiger partial charge in [0.05, 0.1) is 6.33 Å². The monoisotopic (exact) mass is 203 g/mol. The van der Waals surface area contributed by atoms with Gasteiger partial charge in [0.2, 0.25) is 0 Å². The summed E-state index contributed by atoms with van der Waals surface area (Å²) in [7, 11) is 0. The summed E-state index contributed by atoms with van der Waals surface area (Å²) >= 11 is 0. The Labute approximate surface area is 87.3 Å². The van der Waals surface area contributed by atoms with Crippen LogP contribution in [-0.4, -0.2) is 19.5 Å². The first kappa shape index (κ1) is 8.64. The van der Waals surface area contributed by atoms with Gasteiger partial charge >= 0.3 is 0 Å². The number of nitrogens with zero attached hydrogens (tertiary/aromatic N) is 4. The zero-order valence-corrected chi connectivity index (χ0v) is 8.59. The van der Waals surface area contributed by atoms with Crippen molar-refractivity contribution in [3.05, 3.63) is 12.7 Å². The normalized spacial score (nSPS) is 25.4. The lowest BCUT2D eigenvalue weighted by Gasteiger charge is -2.34. The van der Waals surface area contributed by atoms with Crippen molar-refractivity contribution in [3.8, 4) is 0 Å². The lowest BCUT2D eigenvalue weighted by atomic mass is 9.81. The van der Waals surface area contributed by atoms with Gasteiger partial charge in [0.1, 0.15) is 11.8 Å². The largest absolute Gasteiger partial charge is 0.382 e. The fraction of sp³-hybridized carbons (Fsp3) is 0.500. The van der Waals surface area contributed by atoms with E-state index in [1.165, 1.54) is 19.2 Å². The molecule has 0 spiro atoms. The van der Waals surface area contributed by atoms with Crippen LogP contribution in [0.2, 0.25) is 0 Å². The Balaban J connectivity index is 2.16. The molecular formula is C10H13N5. The zero-order valence-electron chi connectivity index (χ0n) is 8.59. The number of nitrogens with two attached hydrogens (primary N) is 1. The molecule has 2 heterocycles. The molecule has 5 heteroatoms. The summed E-state index contributed by atoms with van der Waals surface area (Å²) in [6, 6.07) is 0.532. The number of anilines is 1. The Morgan fingerprint density at radius 3 is 2.87 bits per heavy atom. The van der Waals surface area contributed by atoms with Crippen molar-refractivity contribution in [2.24, 2.45) is 5.92 Å². The highest BCUT2D eigenvalue weighted by atomic mass is 15.2. The summed E-state index contributed by atoms with van der Waals surface area (Å²) in [5, 5.41) is 0. The Morgan fingerprint density at radius 2 is 2.20 bits per heavy atom. The van der Waals surface area contributed by atoms with Crippen LogP contribution in [0, 0.1) is 5.92 Å². The van der Waals surface area contributed by atoms with Crippen LogP contribution in [0.15, 0.2) is 12.7 Å². The Kier molecular flexibility index (Phi) is 1.68. The average Bonchev–Trinajstić information content (AvgIpc) is 2.62. The van der Waals surface area contributed by atoms with Crippen LogP contribution < -0.4 is 5.73 Å². The summed E-state index contributed by atoms with van der Waals surface area (Å²) in [6.45, 7) is 2.25. The number of aromatic nitrogens is 4. The molecular weight excluding hydrogens is 190 g/mol. The number of fused-ring (bicyclic) bond motifs is 1. The third-order valence-electron chi connectivity index (χ3n) is 3.32. The molecule has 1 fully saturated rings. The van der Waals surface area contributed by atoms with E-state index in [1.807, 2.05) is 6.33 Å². The van der Waals surface area contributed by atoms with Crippen LogP contribution in [0.3, 0.4) is 0 Å². The first-order valence-corrected chi connectivity index (χ1v) is 5.20. The van der Waals surface area contributed by atoms with Crippen molar-refractivity contribution in [1.29, 1.82) is 0 Å². The van der Waals surface area contributed by atoms with Crippen LogP contribution in [0.1, 0.15) is 25.8 Å². The van der Waals surface area contributed by atoms with Crippen molar-refractivity contribution in [1.82, 2.24) is 19.5 Å². The second-order valence-electron chi connectivity index (χ2n) is 4.20. The standard InChI is InChI=1S/C10H13N5/c1-6-2-3-7(6)15-5-14-8-9(11)12-4-13-10(8)15/h4-7H,2-3H2,1H3,(H2,11,12,13). The van der Waals surface area contributed by atoms with Crippen molar-refractivity contribution >= 4 is 17.0 Å².